The highest BCUT2D eigenvalue weighted by molar-refractivity contribution is 5.81. The van der Waals surface area contributed by atoms with Crippen LogP contribution in [0.15, 0.2) is 0 Å². The summed E-state index contributed by atoms with van der Waals surface area (Å²) in [5.74, 6) is -1.60. The van der Waals surface area contributed by atoms with Gasteiger partial charge in [0, 0.05) is 13.0 Å². The van der Waals surface area contributed by atoms with Gasteiger partial charge in [0.25, 0.3) is 5.91 Å². The fourth-order valence-corrected chi connectivity index (χ4v) is 3.98. The molecule has 1 unspecified atom stereocenters. The van der Waals surface area contributed by atoms with E-state index in [9.17, 15) is 20.1 Å². The standard InChI is InChI=1S/C24H47NO6/c1-4-6-7-8-9-10-11-12-13-14-15-16-24(3)30-18-19(26)22(31-24)20(27)21(28)23(29)25-17-5-2/h19-22,26-28H,4-18H2,1-3H3,(H,25,29)/t19-,20-,21-,22-,24?/m1/s1. The van der Waals surface area contributed by atoms with Gasteiger partial charge in [-0.25, -0.2) is 0 Å². The van der Waals surface area contributed by atoms with Gasteiger partial charge in [-0.05, 0) is 19.8 Å². The lowest BCUT2D eigenvalue weighted by molar-refractivity contribution is -0.332. The van der Waals surface area contributed by atoms with Gasteiger partial charge in [-0.1, -0.05) is 78.1 Å². The lowest BCUT2D eigenvalue weighted by Gasteiger charge is -2.43. The van der Waals surface area contributed by atoms with E-state index in [1.165, 1.54) is 57.8 Å². The summed E-state index contributed by atoms with van der Waals surface area (Å²) in [5.41, 5.74) is 0. The average Bonchev–Trinajstić information content (AvgIpc) is 2.76. The molecule has 1 amide bonds. The zero-order chi connectivity index (χ0) is 23.1. The first-order chi connectivity index (χ1) is 14.8. The van der Waals surface area contributed by atoms with E-state index in [0.717, 1.165) is 19.3 Å². The number of amides is 1. The van der Waals surface area contributed by atoms with Crippen molar-refractivity contribution in [3.63, 3.8) is 0 Å². The zero-order valence-corrected chi connectivity index (χ0v) is 20.0. The molecule has 4 N–H and O–H groups in total. The Kier molecular flexibility index (Phi) is 14.6. The zero-order valence-electron chi connectivity index (χ0n) is 20.0. The Hall–Kier alpha value is -0.730. The van der Waals surface area contributed by atoms with Crippen molar-refractivity contribution >= 4 is 5.91 Å². The van der Waals surface area contributed by atoms with Crippen LogP contribution in [0.3, 0.4) is 0 Å². The van der Waals surface area contributed by atoms with Crippen LogP contribution in [0.25, 0.3) is 0 Å². The van der Waals surface area contributed by atoms with E-state index in [4.69, 9.17) is 9.47 Å². The van der Waals surface area contributed by atoms with Gasteiger partial charge in [0.05, 0.1) is 6.61 Å². The van der Waals surface area contributed by atoms with Gasteiger partial charge in [0.1, 0.15) is 18.3 Å². The second kappa shape index (κ2) is 16.0. The molecule has 0 saturated carbocycles. The van der Waals surface area contributed by atoms with Gasteiger partial charge in [-0.15, -0.1) is 0 Å². The van der Waals surface area contributed by atoms with Gasteiger partial charge in [0.15, 0.2) is 11.9 Å². The summed E-state index contributed by atoms with van der Waals surface area (Å²) < 4.78 is 11.5. The first-order valence-electron chi connectivity index (χ1n) is 12.5. The maximum Gasteiger partial charge on any atom is 0.251 e. The molecule has 0 bridgehead atoms. The molecule has 0 spiro atoms. The number of ether oxygens (including phenoxy) is 2. The van der Waals surface area contributed by atoms with Gasteiger partial charge in [0.2, 0.25) is 0 Å². The SMILES string of the molecule is CCCCCCCCCCCCCC1(C)OC[C@@H](O)[C@H]([C@H](O)[C@@H](O)C(=O)NCCC)O1. The Balaban J connectivity index is 2.29. The molecule has 0 aromatic rings. The van der Waals surface area contributed by atoms with Gasteiger partial charge < -0.3 is 30.1 Å². The first-order valence-corrected chi connectivity index (χ1v) is 12.5. The number of hydrogen-bond acceptors (Lipinski definition) is 6. The van der Waals surface area contributed by atoms with Crippen molar-refractivity contribution in [1.29, 1.82) is 0 Å². The molecule has 1 aliphatic heterocycles. The molecule has 1 heterocycles. The van der Waals surface area contributed by atoms with Crippen LogP contribution in [-0.2, 0) is 14.3 Å². The summed E-state index contributed by atoms with van der Waals surface area (Å²) in [4.78, 5) is 11.9. The molecule has 1 rings (SSSR count). The van der Waals surface area contributed by atoms with Crippen LogP contribution in [0.4, 0.5) is 0 Å². The quantitative estimate of drug-likeness (QED) is 0.256. The first kappa shape index (κ1) is 28.3. The predicted molar refractivity (Wildman–Crippen MR) is 122 cm³/mol. The number of carbonyl (C=O) groups excluding carboxylic acids is 1. The smallest absolute Gasteiger partial charge is 0.251 e. The number of carbonyl (C=O) groups is 1. The molecule has 1 aliphatic rings. The molecule has 0 aromatic carbocycles. The number of aliphatic hydroxyl groups is 3. The van der Waals surface area contributed by atoms with Crippen LogP contribution in [0.1, 0.15) is 104 Å². The molecule has 184 valence electrons. The Morgan fingerprint density at radius 2 is 1.52 bits per heavy atom. The summed E-state index contributed by atoms with van der Waals surface area (Å²) >= 11 is 0. The van der Waals surface area contributed by atoms with Crippen molar-refractivity contribution in [2.24, 2.45) is 0 Å². The molecule has 31 heavy (non-hydrogen) atoms. The van der Waals surface area contributed by atoms with Gasteiger partial charge >= 0.3 is 0 Å². The fraction of sp³-hybridized carbons (Fsp3) is 0.958. The van der Waals surface area contributed by atoms with Gasteiger partial charge in [-0.3, -0.25) is 4.79 Å². The molecule has 0 radical (unpaired) electrons. The fourth-order valence-electron chi connectivity index (χ4n) is 3.98. The maximum atomic E-state index is 11.9. The van der Waals surface area contributed by atoms with Crippen molar-refractivity contribution in [1.82, 2.24) is 5.32 Å². The third kappa shape index (κ3) is 11.1. The minimum Gasteiger partial charge on any atom is -0.388 e. The molecule has 1 fully saturated rings. The molecule has 7 nitrogen and oxygen atoms in total. The Bertz CT molecular complexity index is 477. The van der Waals surface area contributed by atoms with E-state index in [1.807, 2.05) is 6.92 Å². The third-order valence-corrected chi connectivity index (χ3v) is 6.04. The van der Waals surface area contributed by atoms with Crippen LogP contribution in [-0.4, -0.2) is 64.6 Å². The summed E-state index contributed by atoms with van der Waals surface area (Å²) in [6.45, 7) is 6.34. The Morgan fingerprint density at radius 1 is 0.968 bits per heavy atom. The minimum atomic E-state index is -1.66. The predicted octanol–water partition coefficient (Wildman–Crippen LogP) is 3.43. The minimum absolute atomic E-state index is 0.000440. The van der Waals surface area contributed by atoms with Crippen LogP contribution in [0.5, 0.6) is 0 Å². The average molecular weight is 446 g/mol. The monoisotopic (exact) mass is 445 g/mol. The normalized spacial score (nSPS) is 25.9. The van der Waals surface area contributed by atoms with Gasteiger partial charge in [-0.2, -0.15) is 0 Å². The third-order valence-electron chi connectivity index (χ3n) is 6.04. The molecule has 0 aromatic heterocycles. The van der Waals surface area contributed by atoms with Crippen molar-refractivity contribution in [2.45, 2.75) is 134 Å². The van der Waals surface area contributed by atoms with E-state index in [2.05, 4.69) is 12.2 Å². The molecular weight excluding hydrogens is 398 g/mol. The number of hydrogen-bond donors (Lipinski definition) is 4. The Labute approximate surface area is 188 Å². The van der Waals surface area contributed by atoms with E-state index >= 15 is 0 Å². The Morgan fingerprint density at radius 3 is 2.06 bits per heavy atom. The van der Waals surface area contributed by atoms with E-state index < -0.39 is 36.1 Å². The van der Waals surface area contributed by atoms with Crippen molar-refractivity contribution in [3.05, 3.63) is 0 Å². The number of rotatable bonds is 17. The van der Waals surface area contributed by atoms with Crippen LogP contribution >= 0.6 is 0 Å². The molecular formula is C24H47NO6. The van der Waals surface area contributed by atoms with Crippen LogP contribution in [0, 0.1) is 0 Å². The molecule has 0 aliphatic carbocycles. The summed E-state index contributed by atoms with van der Waals surface area (Å²) in [6.07, 6.45) is 9.73. The highest BCUT2D eigenvalue weighted by Gasteiger charge is 2.45. The summed E-state index contributed by atoms with van der Waals surface area (Å²) in [5, 5.41) is 33.3. The second-order valence-corrected chi connectivity index (χ2v) is 9.11. The van der Waals surface area contributed by atoms with Crippen molar-refractivity contribution in [2.75, 3.05) is 13.2 Å². The van der Waals surface area contributed by atoms with E-state index in [1.54, 1.807) is 6.92 Å². The maximum absolute atomic E-state index is 11.9. The molecule has 7 heteroatoms. The molecule has 1 saturated heterocycles. The van der Waals surface area contributed by atoms with E-state index in [-0.39, 0.29) is 6.61 Å². The topological polar surface area (TPSA) is 108 Å². The van der Waals surface area contributed by atoms with Crippen LogP contribution < -0.4 is 5.32 Å². The van der Waals surface area contributed by atoms with E-state index in [0.29, 0.717) is 13.0 Å². The highest BCUT2D eigenvalue weighted by atomic mass is 16.7. The second-order valence-electron chi connectivity index (χ2n) is 9.11. The lowest BCUT2D eigenvalue weighted by Crippen LogP contribution is -2.59. The van der Waals surface area contributed by atoms with Crippen molar-refractivity contribution < 1.29 is 29.6 Å². The largest absolute Gasteiger partial charge is 0.388 e. The number of unbranched alkanes of at least 4 members (excludes halogenated alkanes) is 10. The lowest BCUT2D eigenvalue weighted by atomic mass is 9.99. The molecule has 5 atom stereocenters. The summed E-state index contributed by atoms with van der Waals surface area (Å²) in [7, 11) is 0. The highest BCUT2D eigenvalue weighted by Crippen LogP contribution is 2.30. The van der Waals surface area contributed by atoms with Crippen LogP contribution in [0.2, 0.25) is 0 Å². The number of aliphatic hydroxyl groups excluding tert-OH is 3. The van der Waals surface area contributed by atoms with Crippen molar-refractivity contribution in [3.8, 4) is 0 Å². The number of nitrogens with one attached hydrogen (secondary N) is 1. The summed E-state index contributed by atoms with van der Waals surface area (Å²) in [6, 6.07) is 0.